The highest BCUT2D eigenvalue weighted by Gasteiger charge is 2.29. The zero-order valence-electron chi connectivity index (χ0n) is 23.7. The molecule has 39 heavy (non-hydrogen) atoms. The molecule has 2 atom stereocenters. The second-order valence-electron chi connectivity index (χ2n) is 12.2. The number of nitrogens with one attached hydrogen (secondary N) is 2. The number of hydrogen-bond acceptors (Lipinski definition) is 6. The normalized spacial score (nSPS) is 18.3. The number of rotatable bonds is 7. The summed E-state index contributed by atoms with van der Waals surface area (Å²) in [6.45, 7) is 13.0. The Morgan fingerprint density at radius 1 is 1.10 bits per heavy atom. The van der Waals surface area contributed by atoms with Gasteiger partial charge in [0.05, 0.1) is 10.6 Å². The molecular weight excluding hydrogens is 508 g/mol. The summed E-state index contributed by atoms with van der Waals surface area (Å²) >= 11 is 1.56. The van der Waals surface area contributed by atoms with Crippen LogP contribution in [0, 0.1) is 0 Å². The van der Waals surface area contributed by atoms with Crippen LogP contribution in [0.15, 0.2) is 58.9 Å². The Morgan fingerprint density at radius 2 is 1.74 bits per heavy atom. The molecule has 3 aromatic rings. The number of carbonyl (C=O) groups is 1. The number of benzene rings is 2. The topological polar surface area (TPSA) is 109 Å². The van der Waals surface area contributed by atoms with E-state index in [4.69, 9.17) is 10.5 Å². The molecule has 0 radical (unpaired) electrons. The molecule has 2 aromatic carbocycles. The van der Waals surface area contributed by atoms with E-state index in [9.17, 15) is 9.90 Å². The minimum Gasteiger partial charge on any atom is -0.507 e. The number of thiophene rings is 1. The van der Waals surface area contributed by atoms with Gasteiger partial charge in [0.25, 0.3) is 0 Å². The van der Waals surface area contributed by atoms with Gasteiger partial charge in [0.15, 0.2) is 0 Å². The number of amides is 1. The quantitative estimate of drug-likeness (QED) is 0.159. The van der Waals surface area contributed by atoms with Crippen LogP contribution >= 0.6 is 11.3 Å². The third kappa shape index (κ3) is 7.40. The van der Waals surface area contributed by atoms with E-state index in [1.165, 1.54) is 0 Å². The molecule has 208 valence electrons. The molecule has 0 unspecified atom stereocenters. The molecule has 1 aliphatic heterocycles. The molecule has 1 amide bonds. The zero-order chi connectivity index (χ0) is 28.4. The Morgan fingerprint density at radius 3 is 2.31 bits per heavy atom. The van der Waals surface area contributed by atoms with Gasteiger partial charge in [-0.3, -0.25) is 4.79 Å². The molecule has 0 aliphatic carbocycles. The van der Waals surface area contributed by atoms with Crippen molar-refractivity contribution in [1.82, 2.24) is 5.32 Å². The monoisotopic (exact) mass is 548 g/mol. The summed E-state index contributed by atoms with van der Waals surface area (Å²) in [4.78, 5) is 18.4. The van der Waals surface area contributed by atoms with Crippen molar-refractivity contribution < 1.29 is 14.6 Å². The van der Waals surface area contributed by atoms with Gasteiger partial charge in [0.2, 0.25) is 5.91 Å². The average molecular weight is 549 g/mol. The molecule has 8 heteroatoms. The van der Waals surface area contributed by atoms with E-state index < -0.39 is 0 Å². The van der Waals surface area contributed by atoms with Crippen LogP contribution in [0.5, 0.6) is 11.5 Å². The second kappa shape index (κ2) is 11.4. The minimum atomic E-state index is -0.260. The Hall–Kier alpha value is -3.36. The molecule has 5 N–H and O–H groups in total. The number of nitrogens with two attached hydrogens (primary N) is 1. The molecule has 1 aromatic heterocycles. The molecule has 0 saturated carbocycles. The standard InChI is InChI=1S/C31H40N4O3S/c1-30(2,3)24-15-21(16-25(28(24)37)31(4,5)6)34-27(36)17-20-14-23(18-33-20)38-22-11-9-19(10-12-22)35-29(32)26-8-7-13-39-26/h7-13,15-16,20,23,33,37H,14,17-18H2,1-6H3,(H2,32,35)(H,34,36)/t20-,23+/m1/s1. The number of aromatic hydroxyl groups is 1. The largest absolute Gasteiger partial charge is 0.507 e. The molecule has 1 saturated heterocycles. The Labute approximate surface area is 235 Å². The summed E-state index contributed by atoms with van der Waals surface area (Å²) in [6.07, 6.45) is 1.04. The van der Waals surface area contributed by atoms with Gasteiger partial charge in [-0.05, 0) is 58.7 Å². The summed E-state index contributed by atoms with van der Waals surface area (Å²) in [5.41, 5.74) is 8.68. The van der Waals surface area contributed by atoms with Gasteiger partial charge in [0.1, 0.15) is 23.4 Å². The summed E-state index contributed by atoms with van der Waals surface area (Å²) in [6, 6.07) is 15.3. The van der Waals surface area contributed by atoms with Crippen LogP contribution in [0.3, 0.4) is 0 Å². The van der Waals surface area contributed by atoms with Gasteiger partial charge in [-0.15, -0.1) is 11.3 Å². The summed E-state index contributed by atoms with van der Waals surface area (Å²) in [7, 11) is 0. The van der Waals surface area contributed by atoms with Crippen LogP contribution < -0.4 is 21.1 Å². The van der Waals surface area contributed by atoms with Crippen LogP contribution in [0.1, 0.15) is 70.4 Å². The van der Waals surface area contributed by atoms with E-state index in [2.05, 4.69) is 57.2 Å². The lowest BCUT2D eigenvalue weighted by Crippen LogP contribution is -2.28. The van der Waals surface area contributed by atoms with Gasteiger partial charge in [-0.2, -0.15) is 0 Å². The Kier molecular flexibility index (Phi) is 8.37. The number of phenolic OH excluding ortho intramolecular Hbond substituents is 1. The van der Waals surface area contributed by atoms with Crippen LogP contribution in [-0.4, -0.2) is 35.5 Å². The summed E-state index contributed by atoms with van der Waals surface area (Å²) < 4.78 is 6.16. The van der Waals surface area contributed by atoms with Gasteiger partial charge in [-0.25, -0.2) is 4.99 Å². The van der Waals surface area contributed by atoms with Gasteiger partial charge < -0.3 is 26.2 Å². The van der Waals surface area contributed by atoms with Crippen LogP contribution in [0.4, 0.5) is 11.4 Å². The first-order chi connectivity index (χ1) is 18.3. The van der Waals surface area contributed by atoms with E-state index in [0.29, 0.717) is 30.2 Å². The highest BCUT2D eigenvalue weighted by Crippen LogP contribution is 2.41. The molecule has 7 nitrogen and oxygen atoms in total. The highest BCUT2D eigenvalue weighted by atomic mass is 32.1. The van der Waals surface area contributed by atoms with Crippen molar-refractivity contribution >= 4 is 34.5 Å². The lowest BCUT2D eigenvalue weighted by molar-refractivity contribution is -0.116. The van der Waals surface area contributed by atoms with Crippen molar-refractivity contribution in [2.75, 3.05) is 11.9 Å². The zero-order valence-corrected chi connectivity index (χ0v) is 24.5. The molecule has 2 heterocycles. The van der Waals surface area contributed by atoms with Crippen molar-refractivity contribution in [2.45, 2.75) is 77.4 Å². The fourth-order valence-electron chi connectivity index (χ4n) is 4.72. The maximum absolute atomic E-state index is 13.0. The first-order valence-electron chi connectivity index (χ1n) is 13.4. The Balaban J connectivity index is 1.34. The van der Waals surface area contributed by atoms with E-state index in [1.807, 2.05) is 53.9 Å². The predicted octanol–water partition coefficient (Wildman–Crippen LogP) is 6.22. The van der Waals surface area contributed by atoms with E-state index in [-0.39, 0.29) is 28.9 Å². The van der Waals surface area contributed by atoms with Crippen molar-refractivity contribution in [3.8, 4) is 11.5 Å². The van der Waals surface area contributed by atoms with Crippen molar-refractivity contribution in [2.24, 2.45) is 10.7 Å². The number of anilines is 1. The van der Waals surface area contributed by atoms with E-state index >= 15 is 0 Å². The minimum absolute atomic E-state index is 0.0192. The lowest BCUT2D eigenvalue weighted by Gasteiger charge is -2.28. The van der Waals surface area contributed by atoms with Gasteiger partial charge in [-0.1, -0.05) is 47.6 Å². The van der Waals surface area contributed by atoms with Crippen molar-refractivity contribution in [1.29, 1.82) is 0 Å². The van der Waals surface area contributed by atoms with E-state index in [0.717, 1.165) is 33.9 Å². The molecule has 0 bridgehead atoms. The number of aliphatic imine (C=N–C) groups is 1. The Bertz CT molecular complexity index is 1280. The summed E-state index contributed by atoms with van der Waals surface area (Å²) in [5.74, 6) is 1.49. The number of ether oxygens (including phenoxy) is 1. The molecule has 4 rings (SSSR count). The van der Waals surface area contributed by atoms with Crippen molar-refractivity contribution in [3.63, 3.8) is 0 Å². The number of nitrogens with zero attached hydrogens (tertiary/aromatic N) is 1. The molecule has 1 aliphatic rings. The van der Waals surface area contributed by atoms with Crippen LogP contribution in [0.25, 0.3) is 0 Å². The predicted molar refractivity (Wildman–Crippen MR) is 161 cm³/mol. The maximum Gasteiger partial charge on any atom is 0.225 e. The first-order valence-corrected chi connectivity index (χ1v) is 14.2. The second-order valence-corrected chi connectivity index (χ2v) is 13.2. The SMILES string of the molecule is CC(C)(C)c1cc(NC(=O)C[C@H]2C[C@H](Oc3ccc(N=C(N)c4cccs4)cc3)CN2)cc(C(C)(C)C)c1O. The third-order valence-corrected chi connectivity index (χ3v) is 7.68. The lowest BCUT2D eigenvalue weighted by atomic mass is 9.79. The van der Waals surface area contributed by atoms with E-state index in [1.54, 1.807) is 11.3 Å². The number of amidine groups is 1. The molecular formula is C31H40N4O3S. The first kappa shape index (κ1) is 28.6. The molecule has 1 fully saturated rings. The fraction of sp³-hybridized carbons (Fsp3) is 0.419. The smallest absolute Gasteiger partial charge is 0.225 e. The number of carbonyl (C=O) groups excluding carboxylic acids is 1. The van der Waals surface area contributed by atoms with Crippen LogP contribution in [0.2, 0.25) is 0 Å². The maximum atomic E-state index is 13.0. The third-order valence-electron chi connectivity index (χ3n) is 6.79. The van der Waals surface area contributed by atoms with Gasteiger partial charge in [0, 0.05) is 42.2 Å². The van der Waals surface area contributed by atoms with Crippen LogP contribution in [-0.2, 0) is 15.6 Å². The fourth-order valence-corrected chi connectivity index (χ4v) is 5.35. The van der Waals surface area contributed by atoms with Crippen molar-refractivity contribution in [3.05, 3.63) is 69.9 Å². The summed E-state index contributed by atoms with van der Waals surface area (Å²) in [5, 5.41) is 19.4. The van der Waals surface area contributed by atoms with Gasteiger partial charge >= 0.3 is 0 Å². The average Bonchev–Trinajstić information content (AvgIpc) is 3.52. The number of phenols is 1. The molecule has 0 spiro atoms. The highest BCUT2D eigenvalue weighted by molar-refractivity contribution is 7.12. The number of hydrogen-bond donors (Lipinski definition) is 4.